The first kappa shape index (κ1) is 13.7. The minimum absolute atomic E-state index is 0.0970. The SMILES string of the molecule is C=C(C)CC(NN)C1(OC)CCC(C)CC1. The summed E-state index contributed by atoms with van der Waals surface area (Å²) in [6.07, 6.45) is 5.52. The molecule has 0 aromatic rings. The Kier molecular flexibility index (Phi) is 4.96. The first-order valence-corrected chi connectivity index (χ1v) is 6.19. The molecule has 0 amide bonds. The van der Waals surface area contributed by atoms with Crippen LogP contribution in [0.25, 0.3) is 0 Å². The number of ether oxygens (including phenoxy) is 1. The fraction of sp³-hybridized carbons (Fsp3) is 0.846. The first-order valence-electron chi connectivity index (χ1n) is 6.19. The Morgan fingerprint density at radius 2 is 2.12 bits per heavy atom. The predicted molar refractivity (Wildman–Crippen MR) is 67.9 cm³/mol. The molecule has 3 N–H and O–H groups in total. The monoisotopic (exact) mass is 226 g/mol. The largest absolute Gasteiger partial charge is 0.377 e. The summed E-state index contributed by atoms with van der Waals surface area (Å²) in [7, 11) is 1.80. The van der Waals surface area contributed by atoms with E-state index in [1.54, 1.807) is 7.11 Å². The molecule has 1 unspecified atom stereocenters. The lowest BCUT2D eigenvalue weighted by Crippen LogP contribution is -2.56. The van der Waals surface area contributed by atoms with E-state index in [1.807, 2.05) is 6.92 Å². The van der Waals surface area contributed by atoms with E-state index in [4.69, 9.17) is 10.6 Å². The van der Waals surface area contributed by atoms with Crippen LogP contribution in [0.5, 0.6) is 0 Å². The van der Waals surface area contributed by atoms with Crippen LogP contribution in [0.15, 0.2) is 12.2 Å². The van der Waals surface area contributed by atoms with Crippen molar-refractivity contribution in [3.63, 3.8) is 0 Å². The lowest BCUT2D eigenvalue weighted by Gasteiger charge is -2.44. The highest BCUT2D eigenvalue weighted by atomic mass is 16.5. The molecule has 16 heavy (non-hydrogen) atoms. The second kappa shape index (κ2) is 5.80. The van der Waals surface area contributed by atoms with Crippen LogP contribution in [0.3, 0.4) is 0 Å². The summed E-state index contributed by atoms with van der Waals surface area (Å²) in [6.45, 7) is 8.32. The second-order valence-electron chi connectivity index (χ2n) is 5.33. The Morgan fingerprint density at radius 1 is 1.56 bits per heavy atom. The molecular weight excluding hydrogens is 200 g/mol. The lowest BCUT2D eigenvalue weighted by atomic mass is 9.74. The van der Waals surface area contributed by atoms with Crippen molar-refractivity contribution in [3.05, 3.63) is 12.2 Å². The first-order chi connectivity index (χ1) is 7.54. The number of hydrogen-bond donors (Lipinski definition) is 2. The summed E-state index contributed by atoms with van der Waals surface area (Å²) >= 11 is 0. The molecule has 94 valence electrons. The molecule has 0 aromatic carbocycles. The number of nitrogens with one attached hydrogen (secondary N) is 1. The van der Waals surface area contributed by atoms with Gasteiger partial charge in [-0.2, -0.15) is 0 Å². The van der Waals surface area contributed by atoms with Crippen LogP contribution in [-0.2, 0) is 4.74 Å². The molecule has 0 aliphatic heterocycles. The van der Waals surface area contributed by atoms with Gasteiger partial charge in [-0.1, -0.05) is 12.5 Å². The summed E-state index contributed by atoms with van der Waals surface area (Å²) < 4.78 is 5.80. The van der Waals surface area contributed by atoms with Crippen molar-refractivity contribution in [3.8, 4) is 0 Å². The number of hydrazine groups is 1. The molecule has 1 atom stereocenters. The summed E-state index contributed by atoms with van der Waals surface area (Å²) in [6, 6.07) is 0.183. The fourth-order valence-electron chi connectivity index (χ4n) is 2.69. The van der Waals surface area contributed by atoms with Gasteiger partial charge in [-0.3, -0.25) is 11.3 Å². The van der Waals surface area contributed by atoms with Gasteiger partial charge in [0.1, 0.15) is 0 Å². The highest BCUT2D eigenvalue weighted by Gasteiger charge is 2.40. The molecule has 1 rings (SSSR count). The van der Waals surface area contributed by atoms with Crippen molar-refractivity contribution in [1.29, 1.82) is 0 Å². The van der Waals surface area contributed by atoms with Gasteiger partial charge in [0.05, 0.1) is 11.6 Å². The van der Waals surface area contributed by atoms with Gasteiger partial charge in [-0.05, 0) is 44.9 Å². The van der Waals surface area contributed by atoms with Crippen LogP contribution < -0.4 is 11.3 Å². The van der Waals surface area contributed by atoms with Gasteiger partial charge in [0.25, 0.3) is 0 Å². The van der Waals surface area contributed by atoms with E-state index >= 15 is 0 Å². The molecule has 0 radical (unpaired) electrons. The van der Waals surface area contributed by atoms with Crippen molar-refractivity contribution in [2.24, 2.45) is 11.8 Å². The van der Waals surface area contributed by atoms with Crippen LogP contribution in [-0.4, -0.2) is 18.8 Å². The summed E-state index contributed by atoms with van der Waals surface area (Å²) in [5.41, 5.74) is 3.98. The number of nitrogens with two attached hydrogens (primary N) is 1. The van der Waals surface area contributed by atoms with Crippen LogP contribution in [0, 0.1) is 5.92 Å². The molecule has 0 bridgehead atoms. The minimum Gasteiger partial charge on any atom is -0.377 e. The van der Waals surface area contributed by atoms with Crippen LogP contribution in [0.2, 0.25) is 0 Å². The lowest BCUT2D eigenvalue weighted by molar-refractivity contribution is -0.0746. The summed E-state index contributed by atoms with van der Waals surface area (Å²) in [5, 5.41) is 0. The average Bonchev–Trinajstić information content (AvgIpc) is 2.27. The van der Waals surface area contributed by atoms with Gasteiger partial charge >= 0.3 is 0 Å². The van der Waals surface area contributed by atoms with Crippen molar-refractivity contribution < 1.29 is 4.74 Å². The Morgan fingerprint density at radius 3 is 2.50 bits per heavy atom. The fourth-order valence-corrected chi connectivity index (χ4v) is 2.69. The zero-order chi connectivity index (χ0) is 12.2. The predicted octanol–water partition coefficient (Wildman–Crippen LogP) is 2.38. The van der Waals surface area contributed by atoms with Gasteiger partial charge in [0.15, 0.2) is 0 Å². The second-order valence-corrected chi connectivity index (χ2v) is 5.33. The van der Waals surface area contributed by atoms with Crippen LogP contribution in [0.4, 0.5) is 0 Å². The van der Waals surface area contributed by atoms with Gasteiger partial charge in [-0.15, -0.1) is 6.58 Å². The van der Waals surface area contributed by atoms with Crippen LogP contribution >= 0.6 is 0 Å². The van der Waals surface area contributed by atoms with E-state index in [9.17, 15) is 0 Å². The molecule has 1 fully saturated rings. The molecular formula is C13H26N2O. The Labute approximate surface area is 99.4 Å². The molecule has 3 nitrogen and oxygen atoms in total. The maximum absolute atomic E-state index is 5.80. The zero-order valence-electron chi connectivity index (χ0n) is 10.9. The Hall–Kier alpha value is -0.380. The molecule has 1 saturated carbocycles. The maximum Gasteiger partial charge on any atom is 0.0847 e. The third kappa shape index (κ3) is 3.06. The molecule has 0 heterocycles. The molecule has 1 aliphatic rings. The average molecular weight is 226 g/mol. The molecule has 0 saturated heterocycles. The van der Waals surface area contributed by atoms with Gasteiger partial charge < -0.3 is 4.74 Å². The summed E-state index contributed by atoms with van der Waals surface area (Å²) in [5.74, 6) is 6.49. The van der Waals surface area contributed by atoms with Gasteiger partial charge in [-0.25, -0.2) is 0 Å². The minimum atomic E-state index is -0.0970. The third-order valence-electron chi connectivity index (χ3n) is 3.92. The number of hydrogen-bond acceptors (Lipinski definition) is 3. The maximum atomic E-state index is 5.80. The molecule has 0 aromatic heterocycles. The topological polar surface area (TPSA) is 47.3 Å². The smallest absolute Gasteiger partial charge is 0.0847 e. The number of rotatable bonds is 5. The van der Waals surface area contributed by atoms with Gasteiger partial charge in [0, 0.05) is 7.11 Å². The van der Waals surface area contributed by atoms with E-state index in [0.29, 0.717) is 0 Å². The van der Waals surface area contributed by atoms with Crippen molar-refractivity contribution >= 4 is 0 Å². The summed E-state index contributed by atoms with van der Waals surface area (Å²) in [4.78, 5) is 0. The highest BCUT2D eigenvalue weighted by Crippen LogP contribution is 2.38. The Bertz CT molecular complexity index is 232. The van der Waals surface area contributed by atoms with Gasteiger partial charge in [0.2, 0.25) is 0 Å². The van der Waals surface area contributed by atoms with E-state index in [1.165, 1.54) is 12.8 Å². The molecule has 1 aliphatic carbocycles. The normalized spacial score (nSPS) is 32.4. The van der Waals surface area contributed by atoms with Crippen molar-refractivity contribution in [2.75, 3.05) is 7.11 Å². The Balaban J connectivity index is 2.72. The standard InChI is InChI=1S/C13H26N2O/c1-10(2)9-12(15-14)13(16-4)7-5-11(3)6-8-13/h11-12,15H,1,5-9,14H2,2-4H3. The van der Waals surface area contributed by atoms with Crippen molar-refractivity contribution in [1.82, 2.24) is 5.43 Å². The number of methoxy groups -OCH3 is 1. The van der Waals surface area contributed by atoms with Crippen LogP contribution in [0.1, 0.15) is 46.0 Å². The third-order valence-corrected chi connectivity index (χ3v) is 3.92. The zero-order valence-corrected chi connectivity index (χ0v) is 10.9. The molecule has 0 spiro atoms. The molecule has 3 heteroatoms. The highest BCUT2D eigenvalue weighted by molar-refractivity contribution is 5.03. The van der Waals surface area contributed by atoms with E-state index in [2.05, 4.69) is 18.9 Å². The quantitative estimate of drug-likeness (QED) is 0.430. The van der Waals surface area contributed by atoms with E-state index in [0.717, 1.165) is 30.8 Å². The van der Waals surface area contributed by atoms with Crippen molar-refractivity contribution in [2.45, 2.75) is 57.6 Å². The van der Waals surface area contributed by atoms with E-state index < -0.39 is 0 Å². The van der Waals surface area contributed by atoms with E-state index in [-0.39, 0.29) is 11.6 Å².